The van der Waals surface area contributed by atoms with Crippen LogP contribution < -0.4 is 10.6 Å². The fourth-order valence-electron chi connectivity index (χ4n) is 1.29. The third kappa shape index (κ3) is 4.22. The van der Waals surface area contributed by atoms with Crippen LogP contribution in [0.15, 0.2) is 18.3 Å². The maximum absolute atomic E-state index is 5.49. The highest BCUT2D eigenvalue weighted by molar-refractivity contribution is 5.35. The Hall–Kier alpha value is -1.20. The second-order valence-electron chi connectivity index (χ2n) is 3.20. The summed E-state index contributed by atoms with van der Waals surface area (Å²) in [7, 11) is 1.69. The van der Waals surface area contributed by atoms with Gasteiger partial charge in [0.1, 0.15) is 0 Å². The van der Waals surface area contributed by atoms with Crippen LogP contribution in [0.3, 0.4) is 0 Å². The highest BCUT2D eigenvalue weighted by Gasteiger charge is 2.06. The largest absolute Gasteiger partial charge is 0.383 e. The lowest BCUT2D eigenvalue weighted by Gasteiger charge is -2.22. The lowest BCUT2D eigenvalue weighted by molar-refractivity contribution is 0.205. The summed E-state index contributed by atoms with van der Waals surface area (Å²) < 4.78 is 5.05. The molecule has 1 aromatic heterocycles. The van der Waals surface area contributed by atoms with E-state index in [4.69, 9.17) is 10.5 Å². The molecule has 1 heterocycles. The summed E-state index contributed by atoms with van der Waals surface area (Å²) in [5.41, 5.74) is 5.49. The Kier molecular flexibility index (Phi) is 5.65. The Morgan fingerprint density at radius 2 is 2.33 bits per heavy atom. The number of ether oxygens (including phenoxy) is 1. The van der Waals surface area contributed by atoms with Crippen molar-refractivity contribution in [2.75, 3.05) is 38.3 Å². The van der Waals surface area contributed by atoms with Gasteiger partial charge in [-0.3, -0.25) is 0 Å². The average Bonchev–Trinajstić information content (AvgIpc) is 2.30. The van der Waals surface area contributed by atoms with Crippen LogP contribution in [0.4, 0.5) is 5.82 Å². The van der Waals surface area contributed by atoms with Crippen LogP contribution in [0.1, 0.15) is 6.42 Å². The molecule has 5 heteroatoms. The van der Waals surface area contributed by atoms with Crippen molar-refractivity contribution < 1.29 is 4.74 Å². The summed E-state index contributed by atoms with van der Waals surface area (Å²) in [6.07, 6.45) is 2.61. The average molecular weight is 210 g/mol. The van der Waals surface area contributed by atoms with Crippen molar-refractivity contribution >= 4 is 5.82 Å². The first-order valence-corrected chi connectivity index (χ1v) is 5.10. The monoisotopic (exact) mass is 210 g/mol. The molecule has 0 aliphatic rings. The van der Waals surface area contributed by atoms with Crippen LogP contribution >= 0.6 is 0 Å². The predicted octanol–water partition coefficient (Wildman–Crippen LogP) is 0.278. The molecule has 0 radical (unpaired) electrons. The van der Waals surface area contributed by atoms with Gasteiger partial charge in [-0.1, -0.05) is 0 Å². The van der Waals surface area contributed by atoms with Gasteiger partial charge in [0.05, 0.1) is 6.61 Å². The molecule has 15 heavy (non-hydrogen) atoms. The molecule has 84 valence electrons. The molecule has 2 N–H and O–H groups in total. The fraction of sp³-hybridized carbons (Fsp3) is 0.600. The van der Waals surface area contributed by atoms with Gasteiger partial charge in [0.2, 0.25) is 0 Å². The minimum absolute atomic E-state index is 0.682. The van der Waals surface area contributed by atoms with Gasteiger partial charge >= 0.3 is 0 Å². The van der Waals surface area contributed by atoms with Gasteiger partial charge in [0, 0.05) is 26.4 Å². The first kappa shape index (κ1) is 11.9. The number of hydrogen-bond acceptors (Lipinski definition) is 5. The van der Waals surface area contributed by atoms with Gasteiger partial charge < -0.3 is 15.4 Å². The van der Waals surface area contributed by atoms with E-state index in [2.05, 4.69) is 15.1 Å². The summed E-state index contributed by atoms with van der Waals surface area (Å²) in [5, 5.41) is 7.92. The molecule has 0 saturated heterocycles. The van der Waals surface area contributed by atoms with Crippen LogP contribution in [-0.2, 0) is 4.74 Å². The van der Waals surface area contributed by atoms with Gasteiger partial charge in [-0.25, -0.2) is 0 Å². The molecule has 5 nitrogen and oxygen atoms in total. The Morgan fingerprint density at radius 1 is 1.47 bits per heavy atom. The summed E-state index contributed by atoms with van der Waals surface area (Å²) in [5.74, 6) is 0.878. The second kappa shape index (κ2) is 7.14. The SMILES string of the molecule is COCCN(CCCN)c1cccnn1. The molecule has 0 spiro atoms. The van der Waals surface area contributed by atoms with E-state index in [0.717, 1.165) is 25.3 Å². The topological polar surface area (TPSA) is 64.3 Å². The number of methoxy groups -OCH3 is 1. The number of nitrogens with two attached hydrogens (primary N) is 1. The first-order valence-electron chi connectivity index (χ1n) is 5.10. The molecule has 0 saturated carbocycles. The molecule has 0 amide bonds. The van der Waals surface area contributed by atoms with E-state index in [0.29, 0.717) is 13.2 Å². The second-order valence-corrected chi connectivity index (χ2v) is 3.20. The molecule has 0 bridgehead atoms. The van der Waals surface area contributed by atoms with Gasteiger partial charge in [-0.15, -0.1) is 5.10 Å². The van der Waals surface area contributed by atoms with E-state index in [1.54, 1.807) is 13.3 Å². The summed E-state index contributed by atoms with van der Waals surface area (Å²) >= 11 is 0. The lowest BCUT2D eigenvalue weighted by atomic mass is 10.3. The van der Waals surface area contributed by atoms with Crippen molar-refractivity contribution in [2.45, 2.75) is 6.42 Å². The Labute approximate surface area is 90.2 Å². The zero-order chi connectivity index (χ0) is 10.9. The third-order valence-corrected chi connectivity index (χ3v) is 2.08. The van der Waals surface area contributed by atoms with Gasteiger partial charge in [-0.05, 0) is 25.1 Å². The molecular weight excluding hydrogens is 192 g/mol. The van der Waals surface area contributed by atoms with Crippen molar-refractivity contribution in [2.24, 2.45) is 5.73 Å². The van der Waals surface area contributed by atoms with Gasteiger partial charge in [0.25, 0.3) is 0 Å². The summed E-state index contributed by atoms with van der Waals surface area (Å²) in [6, 6.07) is 3.82. The zero-order valence-electron chi connectivity index (χ0n) is 9.09. The fourth-order valence-corrected chi connectivity index (χ4v) is 1.29. The number of aromatic nitrogens is 2. The van der Waals surface area contributed by atoms with E-state index in [1.165, 1.54) is 0 Å². The molecule has 0 aliphatic heterocycles. The third-order valence-electron chi connectivity index (χ3n) is 2.08. The summed E-state index contributed by atoms with van der Waals surface area (Å²) in [4.78, 5) is 2.13. The maximum Gasteiger partial charge on any atom is 0.151 e. The van der Waals surface area contributed by atoms with Crippen LogP contribution in [0, 0.1) is 0 Å². The number of anilines is 1. The van der Waals surface area contributed by atoms with Crippen molar-refractivity contribution in [1.82, 2.24) is 10.2 Å². The molecule has 0 aliphatic carbocycles. The van der Waals surface area contributed by atoms with Crippen LogP contribution in [0.5, 0.6) is 0 Å². The molecule has 0 unspecified atom stereocenters. The lowest BCUT2D eigenvalue weighted by Crippen LogP contribution is -2.30. The Bertz CT molecular complexity index is 247. The zero-order valence-corrected chi connectivity index (χ0v) is 9.09. The van der Waals surface area contributed by atoms with Crippen molar-refractivity contribution in [1.29, 1.82) is 0 Å². The highest BCUT2D eigenvalue weighted by Crippen LogP contribution is 2.07. The maximum atomic E-state index is 5.49. The molecule has 0 aromatic carbocycles. The molecular formula is C10H18N4O. The van der Waals surface area contributed by atoms with E-state index in [1.807, 2.05) is 12.1 Å². The van der Waals surface area contributed by atoms with Crippen LogP contribution in [0.25, 0.3) is 0 Å². The van der Waals surface area contributed by atoms with E-state index in [-0.39, 0.29) is 0 Å². The molecule has 1 aromatic rings. The standard InChI is InChI=1S/C10H18N4O/c1-15-9-8-14(7-3-5-11)10-4-2-6-12-13-10/h2,4,6H,3,5,7-9,11H2,1H3. The number of rotatable bonds is 7. The van der Waals surface area contributed by atoms with Crippen LogP contribution in [-0.4, -0.2) is 43.5 Å². The highest BCUT2D eigenvalue weighted by atomic mass is 16.5. The molecule has 0 atom stereocenters. The Balaban J connectivity index is 2.55. The number of nitrogens with zero attached hydrogens (tertiary/aromatic N) is 3. The van der Waals surface area contributed by atoms with Crippen molar-refractivity contribution in [3.63, 3.8) is 0 Å². The molecule has 0 fully saturated rings. The van der Waals surface area contributed by atoms with Crippen molar-refractivity contribution in [3.05, 3.63) is 18.3 Å². The summed E-state index contributed by atoms with van der Waals surface area (Å²) in [6.45, 7) is 3.07. The minimum Gasteiger partial charge on any atom is -0.383 e. The molecule has 1 rings (SSSR count). The van der Waals surface area contributed by atoms with E-state index < -0.39 is 0 Å². The number of hydrogen-bond donors (Lipinski definition) is 1. The quantitative estimate of drug-likeness (QED) is 0.700. The van der Waals surface area contributed by atoms with E-state index >= 15 is 0 Å². The Morgan fingerprint density at radius 3 is 2.93 bits per heavy atom. The predicted molar refractivity (Wildman–Crippen MR) is 59.8 cm³/mol. The smallest absolute Gasteiger partial charge is 0.151 e. The first-order chi connectivity index (χ1) is 7.38. The van der Waals surface area contributed by atoms with Crippen LogP contribution in [0.2, 0.25) is 0 Å². The normalized spacial score (nSPS) is 10.3. The minimum atomic E-state index is 0.682. The van der Waals surface area contributed by atoms with Gasteiger partial charge in [0.15, 0.2) is 5.82 Å². The van der Waals surface area contributed by atoms with Crippen molar-refractivity contribution in [3.8, 4) is 0 Å². The van der Waals surface area contributed by atoms with E-state index in [9.17, 15) is 0 Å². The van der Waals surface area contributed by atoms with Gasteiger partial charge in [-0.2, -0.15) is 5.10 Å².